The molecule has 6 fully saturated rings. The Hall–Kier alpha value is -0.520. The second-order valence-electron chi connectivity index (χ2n) is 18.3. The molecular weight excluding hydrogens is 676 g/mol. The monoisotopic (exact) mass is 744 g/mol. The van der Waals surface area contributed by atoms with Gasteiger partial charge in [0.2, 0.25) is 0 Å². The molecule has 20 unspecified atom stereocenters. The van der Waals surface area contributed by atoms with Crippen LogP contribution in [0, 0.1) is 46.3 Å². The third-order valence-corrected chi connectivity index (χ3v) is 15.1. The quantitative estimate of drug-likeness (QED) is 0.153. The predicted molar refractivity (Wildman–Crippen MR) is 188 cm³/mol. The lowest BCUT2D eigenvalue weighted by Gasteiger charge is -2.66. The summed E-state index contributed by atoms with van der Waals surface area (Å²) in [6.45, 7) is 10.7. The Morgan fingerprint density at radius 1 is 0.788 bits per heavy atom. The zero-order chi connectivity index (χ0) is 37.9. The summed E-state index contributed by atoms with van der Waals surface area (Å²) in [6.07, 6.45) is -3.60. The average Bonchev–Trinajstić information content (AvgIpc) is 3.53. The van der Waals surface area contributed by atoms with Crippen molar-refractivity contribution in [2.45, 2.75) is 172 Å². The van der Waals surface area contributed by atoms with Crippen molar-refractivity contribution in [1.29, 1.82) is 0 Å². The van der Waals surface area contributed by atoms with Gasteiger partial charge in [-0.1, -0.05) is 34.6 Å². The highest BCUT2D eigenvalue weighted by molar-refractivity contribution is 5.20. The Labute approximate surface area is 309 Å². The standard InChI is InChI=1S/C39H68O13/c1-19(2)27(51-35-31(45)30(44)28(52-35)18-50-36-33(48-7)32(47-6)26(43)17-49-36)9-8-20(3)22-15-24(41)34-38(22,5)13-11-29-37(4)12-10-21(40)14-23(37)25(42)16-39(29,34)46/h19-36,40-46H,8-18H2,1-7H3. The molecule has 0 radical (unpaired) electrons. The lowest BCUT2D eigenvalue weighted by molar-refractivity contribution is -0.288. The van der Waals surface area contributed by atoms with Crippen molar-refractivity contribution in [2.24, 2.45) is 46.3 Å². The van der Waals surface area contributed by atoms with Crippen molar-refractivity contribution >= 4 is 0 Å². The topological polar surface area (TPSA) is 197 Å². The third-order valence-electron chi connectivity index (χ3n) is 15.1. The molecule has 4 aliphatic carbocycles. The SMILES string of the molecule is COC1C(O)COC(OCC2OC(OC(CCC(C)C3CC(O)C4C3(C)CCC3C5(C)CCC(O)CC5C(O)CC34O)C(C)C)C(O)C2O)C1OC. The summed E-state index contributed by atoms with van der Waals surface area (Å²) in [4.78, 5) is 0. The molecule has 0 spiro atoms. The first-order valence-electron chi connectivity index (χ1n) is 19.9. The van der Waals surface area contributed by atoms with Crippen molar-refractivity contribution in [1.82, 2.24) is 0 Å². The van der Waals surface area contributed by atoms with Crippen molar-refractivity contribution in [3.05, 3.63) is 0 Å². The van der Waals surface area contributed by atoms with Gasteiger partial charge in [-0.25, -0.2) is 0 Å². The van der Waals surface area contributed by atoms with E-state index in [4.69, 9.17) is 28.4 Å². The Morgan fingerprint density at radius 2 is 1.48 bits per heavy atom. The highest BCUT2D eigenvalue weighted by Crippen LogP contribution is 2.69. The molecule has 0 amide bonds. The number of fused-ring (bicyclic) bond motifs is 5. The van der Waals surface area contributed by atoms with Crippen LogP contribution >= 0.6 is 0 Å². The first-order valence-corrected chi connectivity index (χ1v) is 19.9. The van der Waals surface area contributed by atoms with E-state index in [1.807, 2.05) is 0 Å². The van der Waals surface area contributed by atoms with Gasteiger partial charge in [-0.05, 0) is 91.8 Å². The Balaban J connectivity index is 1.07. The van der Waals surface area contributed by atoms with Crippen molar-refractivity contribution < 1.29 is 64.2 Å². The van der Waals surface area contributed by atoms with Crippen LogP contribution in [0.5, 0.6) is 0 Å². The molecule has 6 aliphatic rings. The van der Waals surface area contributed by atoms with Crippen LogP contribution in [0.4, 0.5) is 0 Å². The van der Waals surface area contributed by atoms with Gasteiger partial charge >= 0.3 is 0 Å². The smallest absolute Gasteiger partial charge is 0.186 e. The normalized spacial score (nSPS) is 51.9. The molecule has 52 heavy (non-hydrogen) atoms. The molecule has 2 aliphatic heterocycles. The van der Waals surface area contributed by atoms with Crippen LogP contribution in [0.2, 0.25) is 0 Å². The average molecular weight is 745 g/mol. The summed E-state index contributed by atoms with van der Waals surface area (Å²) in [5, 5.41) is 78.2. The number of aliphatic hydroxyl groups is 7. The van der Waals surface area contributed by atoms with E-state index in [-0.39, 0.29) is 72.1 Å². The molecule has 20 atom stereocenters. The van der Waals surface area contributed by atoms with E-state index in [9.17, 15) is 35.7 Å². The van der Waals surface area contributed by atoms with Crippen LogP contribution in [0.1, 0.15) is 92.4 Å². The number of rotatable bonds is 12. The first-order chi connectivity index (χ1) is 24.5. The Kier molecular flexibility index (Phi) is 12.5. The highest BCUT2D eigenvalue weighted by Gasteiger charge is 2.70. The molecule has 0 aromatic rings. The second kappa shape index (κ2) is 15.8. The fourth-order valence-corrected chi connectivity index (χ4v) is 12.4. The van der Waals surface area contributed by atoms with Gasteiger partial charge in [0.15, 0.2) is 12.6 Å². The zero-order valence-electron chi connectivity index (χ0n) is 32.3. The first kappa shape index (κ1) is 41.1. The van der Waals surface area contributed by atoms with Crippen molar-refractivity contribution in [2.75, 3.05) is 27.4 Å². The van der Waals surface area contributed by atoms with Crippen LogP contribution in [-0.2, 0) is 28.4 Å². The number of ether oxygens (including phenoxy) is 6. The summed E-state index contributed by atoms with van der Waals surface area (Å²) in [5.74, 6) is 0.0345. The van der Waals surface area contributed by atoms with Crippen LogP contribution in [0.15, 0.2) is 0 Å². The number of hydrogen-bond acceptors (Lipinski definition) is 13. The lowest BCUT2D eigenvalue weighted by Crippen LogP contribution is -2.68. The molecule has 2 heterocycles. The third kappa shape index (κ3) is 7.16. The van der Waals surface area contributed by atoms with Gasteiger partial charge in [0.25, 0.3) is 0 Å². The van der Waals surface area contributed by atoms with E-state index >= 15 is 0 Å². The minimum atomic E-state index is -1.29. The molecule has 0 aromatic carbocycles. The molecule has 4 saturated carbocycles. The summed E-state index contributed by atoms with van der Waals surface area (Å²) >= 11 is 0. The second-order valence-corrected chi connectivity index (χ2v) is 18.3. The predicted octanol–water partition coefficient (Wildman–Crippen LogP) is 1.73. The van der Waals surface area contributed by atoms with Crippen LogP contribution in [0.3, 0.4) is 0 Å². The molecule has 7 N–H and O–H groups in total. The lowest BCUT2D eigenvalue weighted by atomic mass is 9.42. The van der Waals surface area contributed by atoms with Gasteiger partial charge in [0.05, 0.1) is 43.2 Å². The summed E-state index contributed by atoms with van der Waals surface area (Å²) in [5.41, 5.74) is -1.76. The highest BCUT2D eigenvalue weighted by atomic mass is 16.7. The molecule has 2 saturated heterocycles. The van der Waals surface area contributed by atoms with Crippen molar-refractivity contribution in [3.63, 3.8) is 0 Å². The molecule has 0 aromatic heterocycles. The maximum absolute atomic E-state index is 12.6. The van der Waals surface area contributed by atoms with Gasteiger partial charge < -0.3 is 64.2 Å². The van der Waals surface area contributed by atoms with E-state index in [1.54, 1.807) is 0 Å². The van der Waals surface area contributed by atoms with Crippen molar-refractivity contribution in [3.8, 4) is 0 Å². The molecule has 13 heteroatoms. The molecule has 0 bridgehead atoms. The number of hydrogen-bond donors (Lipinski definition) is 7. The summed E-state index contributed by atoms with van der Waals surface area (Å²) in [7, 11) is 2.94. The Bertz CT molecular complexity index is 1190. The van der Waals surface area contributed by atoms with E-state index < -0.39 is 73.1 Å². The summed E-state index contributed by atoms with van der Waals surface area (Å²) < 4.78 is 34.7. The fraction of sp³-hybridized carbons (Fsp3) is 1.00. The molecular formula is C39H68O13. The molecule has 302 valence electrons. The number of aliphatic hydroxyl groups excluding tert-OH is 6. The Morgan fingerprint density at radius 3 is 2.15 bits per heavy atom. The van der Waals surface area contributed by atoms with Gasteiger partial charge in [-0.2, -0.15) is 0 Å². The van der Waals surface area contributed by atoms with Crippen LogP contribution < -0.4 is 0 Å². The van der Waals surface area contributed by atoms with Crippen LogP contribution in [0.25, 0.3) is 0 Å². The fourth-order valence-electron chi connectivity index (χ4n) is 12.4. The van der Waals surface area contributed by atoms with Gasteiger partial charge in [-0.15, -0.1) is 0 Å². The van der Waals surface area contributed by atoms with E-state index in [1.165, 1.54) is 14.2 Å². The summed E-state index contributed by atoms with van der Waals surface area (Å²) in [6, 6.07) is 0. The molecule has 13 nitrogen and oxygen atoms in total. The maximum atomic E-state index is 12.6. The van der Waals surface area contributed by atoms with Gasteiger partial charge in [0.1, 0.15) is 36.6 Å². The van der Waals surface area contributed by atoms with E-state index in [0.717, 1.165) is 25.7 Å². The zero-order valence-corrected chi connectivity index (χ0v) is 32.3. The number of methoxy groups -OCH3 is 2. The largest absolute Gasteiger partial charge is 0.393 e. The van der Waals surface area contributed by atoms with Gasteiger partial charge in [-0.3, -0.25) is 0 Å². The van der Waals surface area contributed by atoms with E-state index in [2.05, 4.69) is 34.6 Å². The maximum Gasteiger partial charge on any atom is 0.186 e. The minimum absolute atomic E-state index is 0.00423. The van der Waals surface area contributed by atoms with E-state index in [0.29, 0.717) is 25.7 Å². The minimum Gasteiger partial charge on any atom is -0.393 e. The van der Waals surface area contributed by atoms with Gasteiger partial charge in [0, 0.05) is 26.6 Å². The molecule has 6 rings (SSSR count). The van der Waals surface area contributed by atoms with Crippen LogP contribution in [-0.4, -0.2) is 142 Å².